The van der Waals surface area contributed by atoms with Gasteiger partial charge >= 0.3 is 6.09 Å². The molecule has 1 amide bonds. The maximum Gasteiger partial charge on any atom is 0.407 e. The van der Waals surface area contributed by atoms with E-state index in [0.717, 1.165) is 0 Å². The summed E-state index contributed by atoms with van der Waals surface area (Å²) in [6.07, 6.45) is -3.90. The highest BCUT2D eigenvalue weighted by molar-refractivity contribution is 5.66. The Balaban J connectivity index is 4.43. The molecule has 4 nitrogen and oxygen atoms in total. The molecule has 0 rings (SSSR count). The zero-order chi connectivity index (χ0) is 16.2. The normalized spacial score (nSPS) is 21.3. The Morgan fingerprint density at radius 3 is 3.08 bits per heavy atom. The second kappa shape index (κ2) is 7.86. The number of hydrogen-bond acceptors (Lipinski definition) is 3. The number of ether oxygens (including phenoxy) is 1. The predicted octanol–water partition coefficient (Wildman–Crippen LogP) is 1.07. The standard InChI is InChI=1S/C9H20N2O2/c1-4-8-13-9(12)10-6-5-7-11(2)3/h4-8H2,1-3H3,(H,10,12)/i1D3,4D2,8D2. The summed E-state index contributed by atoms with van der Waals surface area (Å²) in [5.41, 5.74) is 0. The molecule has 0 fully saturated rings. The number of hydrogen-bond donors (Lipinski definition) is 1. The van der Waals surface area contributed by atoms with E-state index in [1.807, 2.05) is 19.0 Å². The highest BCUT2D eigenvalue weighted by Gasteiger charge is 1.98. The minimum Gasteiger partial charge on any atom is -0.450 e. The van der Waals surface area contributed by atoms with Gasteiger partial charge in [-0.1, -0.05) is 6.85 Å². The summed E-state index contributed by atoms with van der Waals surface area (Å²) in [5.74, 6) is 0. The van der Waals surface area contributed by atoms with Crippen molar-refractivity contribution in [2.24, 2.45) is 0 Å². The minimum absolute atomic E-state index is 0.212. The van der Waals surface area contributed by atoms with Crippen LogP contribution in [0.25, 0.3) is 0 Å². The lowest BCUT2D eigenvalue weighted by molar-refractivity contribution is 0.146. The number of alkyl carbamates (subject to hydrolysis) is 1. The maximum absolute atomic E-state index is 11.3. The molecule has 0 unspecified atom stereocenters. The third-order valence-corrected chi connectivity index (χ3v) is 1.25. The first kappa shape index (κ1) is 4.64. The van der Waals surface area contributed by atoms with Gasteiger partial charge in [0.15, 0.2) is 0 Å². The van der Waals surface area contributed by atoms with Crippen LogP contribution >= 0.6 is 0 Å². The molecular weight excluding hydrogens is 168 g/mol. The quantitative estimate of drug-likeness (QED) is 0.645. The van der Waals surface area contributed by atoms with E-state index < -0.39 is 25.9 Å². The molecule has 0 aromatic carbocycles. The van der Waals surface area contributed by atoms with Gasteiger partial charge < -0.3 is 15.0 Å². The molecule has 0 bridgehead atoms. The monoisotopic (exact) mass is 195 g/mol. The van der Waals surface area contributed by atoms with Crippen molar-refractivity contribution in [1.29, 1.82) is 0 Å². The zero-order valence-corrected chi connectivity index (χ0v) is 7.89. The molecule has 0 saturated heterocycles. The van der Waals surface area contributed by atoms with E-state index in [-0.39, 0.29) is 6.54 Å². The fourth-order valence-corrected chi connectivity index (χ4v) is 0.694. The lowest BCUT2D eigenvalue weighted by Crippen LogP contribution is -2.27. The lowest BCUT2D eigenvalue weighted by atomic mass is 10.4. The van der Waals surface area contributed by atoms with Gasteiger partial charge in [-0.25, -0.2) is 4.79 Å². The number of carbonyl (C=O) groups excluding carboxylic acids is 1. The van der Waals surface area contributed by atoms with Crippen LogP contribution in [-0.4, -0.2) is 44.7 Å². The second-order valence-corrected chi connectivity index (χ2v) is 2.70. The van der Waals surface area contributed by atoms with Crippen molar-refractivity contribution in [2.75, 3.05) is 33.7 Å². The molecule has 1 N–H and O–H groups in total. The molecule has 0 aliphatic carbocycles. The van der Waals surface area contributed by atoms with Gasteiger partial charge in [-0.3, -0.25) is 0 Å². The Bertz CT molecular complexity index is 331. The topological polar surface area (TPSA) is 41.6 Å². The van der Waals surface area contributed by atoms with Gasteiger partial charge in [0.25, 0.3) is 0 Å². The zero-order valence-electron chi connectivity index (χ0n) is 14.9. The van der Waals surface area contributed by atoms with Crippen molar-refractivity contribution in [2.45, 2.75) is 19.6 Å². The van der Waals surface area contributed by atoms with Gasteiger partial charge in [0.1, 0.15) is 0 Å². The van der Waals surface area contributed by atoms with Crippen molar-refractivity contribution >= 4 is 6.09 Å². The Labute approximate surface area is 90.1 Å². The number of nitrogens with zero attached hydrogens (tertiary/aromatic N) is 1. The Hall–Kier alpha value is -0.770. The number of nitrogens with one attached hydrogen (secondary N) is 1. The summed E-state index contributed by atoms with van der Waals surface area (Å²) < 4.78 is 54.3. The van der Waals surface area contributed by atoms with E-state index in [2.05, 4.69) is 10.1 Å². The molecule has 0 aliphatic rings. The molecule has 78 valence electrons. The van der Waals surface area contributed by atoms with Crippen molar-refractivity contribution in [3.05, 3.63) is 0 Å². The molecule has 0 aromatic rings. The van der Waals surface area contributed by atoms with E-state index in [4.69, 9.17) is 9.60 Å². The van der Waals surface area contributed by atoms with Crippen LogP contribution in [0.3, 0.4) is 0 Å². The molecule has 0 aliphatic heterocycles. The van der Waals surface area contributed by atoms with Crippen LogP contribution in [0.15, 0.2) is 0 Å². The molecule has 0 aromatic heterocycles. The SMILES string of the molecule is [2H]C([2H])([2H])C([2H])([2H])C([2H])([2H])OC(=O)NCCCN(C)C. The smallest absolute Gasteiger partial charge is 0.407 e. The van der Waals surface area contributed by atoms with Gasteiger partial charge in [-0.2, -0.15) is 0 Å². The molecular formula is C9H20N2O2. The first-order valence-corrected chi connectivity index (χ1v) is 3.93. The Morgan fingerprint density at radius 1 is 1.69 bits per heavy atom. The average molecular weight is 195 g/mol. The highest BCUT2D eigenvalue weighted by atomic mass is 16.5. The van der Waals surface area contributed by atoms with Crippen molar-refractivity contribution in [3.63, 3.8) is 0 Å². The van der Waals surface area contributed by atoms with E-state index in [1.54, 1.807) is 0 Å². The molecule has 4 heteroatoms. The Morgan fingerprint density at radius 2 is 2.46 bits per heavy atom. The third kappa shape index (κ3) is 9.14. The molecule has 0 spiro atoms. The third-order valence-electron chi connectivity index (χ3n) is 1.25. The largest absolute Gasteiger partial charge is 0.450 e. The number of rotatable bonds is 6. The van der Waals surface area contributed by atoms with Crippen LogP contribution < -0.4 is 5.32 Å². The van der Waals surface area contributed by atoms with Gasteiger partial charge in [0, 0.05) is 13.4 Å². The fraction of sp³-hybridized carbons (Fsp3) is 0.889. The fourth-order valence-electron chi connectivity index (χ4n) is 0.694. The lowest BCUT2D eigenvalue weighted by Gasteiger charge is -2.09. The number of carbonyl (C=O) groups is 1. The average Bonchev–Trinajstić information content (AvgIpc) is 2.21. The summed E-state index contributed by atoms with van der Waals surface area (Å²) in [6, 6.07) is 0. The molecule has 0 saturated carbocycles. The van der Waals surface area contributed by atoms with Crippen LogP contribution in [0, 0.1) is 0 Å². The summed E-state index contributed by atoms with van der Waals surface area (Å²) >= 11 is 0. The highest BCUT2D eigenvalue weighted by Crippen LogP contribution is 1.84. The van der Waals surface area contributed by atoms with E-state index in [9.17, 15) is 4.79 Å². The van der Waals surface area contributed by atoms with Crippen molar-refractivity contribution in [1.82, 2.24) is 10.2 Å². The van der Waals surface area contributed by atoms with E-state index in [0.29, 0.717) is 13.0 Å². The molecule has 0 heterocycles. The molecule has 13 heavy (non-hydrogen) atoms. The van der Waals surface area contributed by atoms with Crippen LogP contribution in [-0.2, 0) is 4.74 Å². The van der Waals surface area contributed by atoms with Crippen LogP contribution in [0.5, 0.6) is 0 Å². The van der Waals surface area contributed by atoms with Gasteiger partial charge in [-0.15, -0.1) is 0 Å². The number of amides is 1. The summed E-state index contributed by atoms with van der Waals surface area (Å²) in [4.78, 5) is 13.2. The van der Waals surface area contributed by atoms with Crippen molar-refractivity contribution in [3.8, 4) is 0 Å². The summed E-state index contributed by atoms with van der Waals surface area (Å²) in [7, 11) is 3.70. The van der Waals surface area contributed by atoms with E-state index >= 15 is 0 Å². The minimum atomic E-state index is -3.30. The predicted molar refractivity (Wildman–Crippen MR) is 52.8 cm³/mol. The van der Waals surface area contributed by atoms with Crippen molar-refractivity contribution < 1.29 is 19.1 Å². The maximum atomic E-state index is 11.3. The summed E-state index contributed by atoms with van der Waals surface area (Å²) in [5, 5.41) is 2.24. The van der Waals surface area contributed by atoms with Gasteiger partial charge in [0.05, 0.1) is 9.30 Å². The van der Waals surface area contributed by atoms with Gasteiger partial charge in [0.2, 0.25) is 0 Å². The summed E-state index contributed by atoms with van der Waals surface area (Å²) in [6.45, 7) is -5.60. The molecule has 0 atom stereocenters. The second-order valence-electron chi connectivity index (χ2n) is 2.70. The van der Waals surface area contributed by atoms with E-state index in [1.165, 1.54) is 0 Å². The first-order valence-electron chi connectivity index (χ1n) is 7.43. The Kier molecular flexibility index (Phi) is 2.81. The van der Waals surface area contributed by atoms with Crippen LogP contribution in [0.2, 0.25) is 0 Å². The first-order chi connectivity index (χ1) is 8.81. The van der Waals surface area contributed by atoms with Crippen LogP contribution in [0.1, 0.15) is 29.2 Å². The van der Waals surface area contributed by atoms with Crippen LogP contribution in [0.4, 0.5) is 4.79 Å². The molecule has 0 radical (unpaired) electrons. The van der Waals surface area contributed by atoms with Gasteiger partial charge in [-0.05, 0) is 33.4 Å².